The number of nitrogens with two attached hydrogens (primary N) is 1. The molecule has 1 amide bonds. The Labute approximate surface area is 102 Å². The summed E-state index contributed by atoms with van der Waals surface area (Å²) < 4.78 is 0. The van der Waals surface area contributed by atoms with Gasteiger partial charge in [-0.15, -0.1) is 0 Å². The molecule has 0 spiro atoms. The number of phenols is 1. The Morgan fingerprint density at radius 1 is 1.41 bits per heavy atom. The Morgan fingerprint density at radius 2 is 2.00 bits per heavy atom. The molecule has 0 saturated heterocycles. The second-order valence-electron chi connectivity index (χ2n) is 5.49. The third kappa shape index (κ3) is 3.66. The number of hydrogen-bond acceptors (Lipinski definition) is 3. The van der Waals surface area contributed by atoms with E-state index in [1.807, 2.05) is 0 Å². The molecule has 17 heavy (non-hydrogen) atoms. The lowest BCUT2D eigenvalue weighted by molar-refractivity contribution is 0.0746. The van der Waals surface area contributed by atoms with Crippen molar-refractivity contribution in [3.63, 3.8) is 0 Å². The molecule has 0 fully saturated rings. The van der Waals surface area contributed by atoms with Gasteiger partial charge in [0.15, 0.2) is 0 Å². The number of amides is 1. The van der Waals surface area contributed by atoms with Crippen LogP contribution in [0.5, 0.6) is 5.75 Å². The normalized spacial score (nSPS) is 11.3. The zero-order valence-electron chi connectivity index (χ0n) is 10.8. The van der Waals surface area contributed by atoms with Crippen molar-refractivity contribution in [2.45, 2.75) is 20.8 Å². The van der Waals surface area contributed by atoms with E-state index in [1.165, 1.54) is 18.2 Å². The van der Waals surface area contributed by atoms with Crippen molar-refractivity contribution < 1.29 is 9.90 Å². The van der Waals surface area contributed by atoms with Crippen LogP contribution in [0.3, 0.4) is 0 Å². The van der Waals surface area contributed by atoms with Gasteiger partial charge in [-0.1, -0.05) is 20.8 Å². The Balaban J connectivity index is 2.93. The van der Waals surface area contributed by atoms with E-state index in [-0.39, 0.29) is 17.1 Å². The predicted octanol–water partition coefficient (Wildman–Crippen LogP) is 2.09. The molecule has 1 rings (SSSR count). The molecule has 4 heteroatoms. The van der Waals surface area contributed by atoms with Gasteiger partial charge in [0.2, 0.25) is 0 Å². The summed E-state index contributed by atoms with van der Waals surface area (Å²) >= 11 is 0. The van der Waals surface area contributed by atoms with Gasteiger partial charge in [0.1, 0.15) is 5.75 Å². The molecule has 4 nitrogen and oxygen atoms in total. The van der Waals surface area contributed by atoms with Crippen molar-refractivity contribution in [1.29, 1.82) is 0 Å². The van der Waals surface area contributed by atoms with E-state index in [2.05, 4.69) is 20.8 Å². The SMILES string of the molecule is CN(CC(C)(C)C)C(=O)c1cc(O)ccc1N. The fourth-order valence-electron chi connectivity index (χ4n) is 1.72. The van der Waals surface area contributed by atoms with Crippen LogP contribution in [0.25, 0.3) is 0 Å². The highest BCUT2D eigenvalue weighted by molar-refractivity contribution is 5.99. The van der Waals surface area contributed by atoms with Crippen LogP contribution in [0.1, 0.15) is 31.1 Å². The summed E-state index contributed by atoms with van der Waals surface area (Å²) in [6, 6.07) is 4.40. The molecule has 94 valence electrons. The first-order valence-electron chi connectivity index (χ1n) is 5.55. The smallest absolute Gasteiger partial charge is 0.255 e. The van der Waals surface area contributed by atoms with Crippen molar-refractivity contribution in [2.75, 3.05) is 19.3 Å². The van der Waals surface area contributed by atoms with Gasteiger partial charge in [0.05, 0.1) is 5.56 Å². The molecular weight excluding hydrogens is 216 g/mol. The first-order chi connectivity index (χ1) is 7.70. The highest BCUT2D eigenvalue weighted by atomic mass is 16.3. The number of carbonyl (C=O) groups is 1. The number of nitrogen functional groups attached to an aromatic ring is 1. The zero-order chi connectivity index (χ0) is 13.2. The van der Waals surface area contributed by atoms with Gasteiger partial charge in [-0.2, -0.15) is 0 Å². The minimum atomic E-state index is -0.173. The molecule has 0 unspecified atom stereocenters. The maximum Gasteiger partial charge on any atom is 0.255 e. The van der Waals surface area contributed by atoms with Crippen LogP contribution >= 0.6 is 0 Å². The van der Waals surface area contributed by atoms with Gasteiger partial charge in [0.25, 0.3) is 5.91 Å². The number of carbonyl (C=O) groups excluding carboxylic acids is 1. The quantitative estimate of drug-likeness (QED) is 0.610. The number of nitrogens with zero attached hydrogens (tertiary/aromatic N) is 1. The lowest BCUT2D eigenvalue weighted by atomic mass is 9.96. The molecule has 0 bridgehead atoms. The van der Waals surface area contributed by atoms with Crippen LogP contribution in [0.4, 0.5) is 5.69 Å². The summed E-state index contributed by atoms with van der Waals surface area (Å²) in [7, 11) is 1.73. The fourth-order valence-corrected chi connectivity index (χ4v) is 1.72. The fraction of sp³-hybridized carbons (Fsp3) is 0.462. The molecule has 3 N–H and O–H groups in total. The van der Waals surface area contributed by atoms with Crippen molar-refractivity contribution in [2.24, 2.45) is 5.41 Å². The third-order valence-corrected chi connectivity index (χ3v) is 2.33. The van der Waals surface area contributed by atoms with Gasteiger partial charge >= 0.3 is 0 Å². The molecule has 0 aliphatic carbocycles. The third-order valence-electron chi connectivity index (χ3n) is 2.33. The topological polar surface area (TPSA) is 66.6 Å². The Morgan fingerprint density at radius 3 is 2.53 bits per heavy atom. The minimum absolute atomic E-state index is 0.0238. The van der Waals surface area contributed by atoms with Crippen LogP contribution in [-0.2, 0) is 0 Å². The van der Waals surface area contributed by atoms with Gasteiger partial charge < -0.3 is 15.7 Å². The maximum absolute atomic E-state index is 12.1. The average molecular weight is 236 g/mol. The molecule has 0 radical (unpaired) electrons. The van der Waals surface area contributed by atoms with Gasteiger partial charge in [0, 0.05) is 19.3 Å². The predicted molar refractivity (Wildman–Crippen MR) is 68.9 cm³/mol. The van der Waals surface area contributed by atoms with E-state index in [1.54, 1.807) is 11.9 Å². The molecule has 0 atom stereocenters. The molecule has 0 aromatic heterocycles. The molecule has 0 saturated carbocycles. The largest absolute Gasteiger partial charge is 0.508 e. The van der Waals surface area contributed by atoms with Crippen molar-refractivity contribution in [1.82, 2.24) is 4.90 Å². The van der Waals surface area contributed by atoms with Gasteiger partial charge in [-0.05, 0) is 23.6 Å². The molecule has 0 aliphatic heterocycles. The van der Waals surface area contributed by atoms with Crippen LogP contribution in [0, 0.1) is 5.41 Å². The summed E-state index contributed by atoms with van der Waals surface area (Å²) in [5, 5.41) is 9.37. The summed E-state index contributed by atoms with van der Waals surface area (Å²) in [6.45, 7) is 6.80. The highest BCUT2D eigenvalue weighted by Gasteiger charge is 2.20. The molecule has 1 aromatic rings. The maximum atomic E-state index is 12.1. The van der Waals surface area contributed by atoms with E-state index < -0.39 is 0 Å². The Kier molecular flexibility index (Phi) is 3.66. The molecule has 1 aromatic carbocycles. The lowest BCUT2D eigenvalue weighted by Gasteiger charge is -2.27. The van der Waals surface area contributed by atoms with E-state index in [0.717, 1.165) is 0 Å². The number of hydrogen-bond donors (Lipinski definition) is 2. The van der Waals surface area contributed by atoms with Crippen molar-refractivity contribution >= 4 is 11.6 Å². The van der Waals surface area contributed by atoms with Crippen molar-refractivity contribution in [3.8, 4) is 5.75 Å². The molecule has 0 aliphatic rings. The molecular formula is C13H20N2O2. The van der Waals surface area contributed by atoms with E-state index >= 15 is 0 Å². The van der Waals surface area contributed by atoms with Crippen molar-refractivity contribution in [3.05, 3.63) is 23.8 Å². The number of rotatable bonds is 2. The number of phenolic OH excluding ortho intramolecular Hbond substituents is 1. The average Bonchev–Trinajstić information content (AvgIpc) is 2.18. The van der Waals surface area contributed by atoms with Crippen LogP contribution in [0.15, 0.2) is 18.2 Å². The van der Waals surface area contributed by atoms with Crippen LogP contribution in [-0.4, -0.2) is 29.5 Å². The van der Waals surface area contributed by atoms with Gasteiger partial charge in [-0.25, -0.2) is 0 Å². The standard InChI is InChI=1S/C13H20N2O2/c1-13(2,3)8-15(4)12(17)10-7-9(16)5-6-11(10)14/h5-7,16H,8,14H2,1-4H3. The second kappa shape index (κ2) is 4.65. The summed E-state index contributed by atoms with van der Waals surface area (Å²) in [6.07, 6.45) is 0. The second-order valence-corrected chi connectivity index (χ2v) is 5.49. The minimum Gasteiger partial charge on any atom is -0.508 e. The number of anilines is 1. The van der Waals surface area contributed by atoms with E-state index in [9.17, 15) is 9.90 Å². The first-order valence-corrected chi connectivity index (χ1v) is 5.55. The first kappa shape index (κ1) is 13.4. The van der Waals surface area contributed by atoms with Crippen LogP contribution < -0.4 is 5.73 Å². The zero-order valence-corrected chi connectivity index (χ0v) is 10.8. The lowest BCUT2D eigenvalue weighted by Crippen LogP contribution is -2.34. The van der Waals surface area contributed by atoms with Crippen LogP contribution in [0.2, 0.25) is 0 Å². The summed E-state index contributed by atoms with van der Waals surface area (Å²) in [4.78, 5) is 13.7. The molecule has 0 heterocycles. The monoisotopic (exact) mass is 236 g/mol. The highest BCUT2D eigenvalue weighted by Crippen LogP contribution is 2.21. The Bertz CT molecular complexity index is 422. The summed E-state index contributed by atoms with van der Waals surface area (Å²) in [5.41, 5.74) is 6.48. The van der Waals surface area contributed by atoms with Gasteiger partial charge in [-0.3, -0.25) is 4.79 Å². The summed E-state index contributed by atoms with van der Waals surface area (Å²) in [5.74, 6) is -0.125. The number of benzene rings is 1. The number of aromatic hydroxyl groups is 1. The van der Waals surface area contributed by atoms with E-state index in [4.69, 9.17) is 5.73 Å². The van der Waals surface area contributed by atoms with E-state index in [0.29, 0.717) is 17.8 Å². The Hall–Kier alpha value is -1.71.